The van der Waals surface area contributed by atoms with Gasteiger partial charge in [-0.1, -0.05) is 48.5 Å². The zero-order chi connectivity index (χ0) is 27.0. The molecule has 7 heteroatoms. The van der Waals surface area contributed by atoms with Crippen molar-refractivity contribution in [1.82, 2.24) is 9.97 Å². The Hall–Kier alpha value is -3.97. The Bertz CT molecular complexity index is 1490. The lowest BCUT2D eigenvalue weighted by Crippen LogP contribution is -2.33. The van der Waals surface area contributed by atoms with Gasteiger partial charge in [0.1, 0.15) is 17.2 Å². The highest BCUT2D eigenvalue weighted by atomic mass is 16.6. The number of hydrogen-bond donors (Lipinski definition) is 2. The molecule has 0 bridgehead atoms. The van der Waals surface area contributed by atoms with E-state index in [0.29, 0.717) is 10.9 Å². The van der Waals surface area contributed by atoms with E-state index in [0.717, 1.165) is 22.0 Å². The number of carbonyl (C=O) groups is 2. The molecule has 0 spiro atoms. The smallest absolute Gasteiger partial charge is 0.341 e. The molecule has 2 aromatic carbocycles. The molecule has 0 saturated heterocycles. The second-order valence-corrected chi connectivity index (χ2v) is 11.0. The Morgan fingerprint density at radius 2 is 1.59 bits per heavy atom. The van der Waals surface area contributed by atoms with Gasteiger partial charge in [0.25, 0.3) is 0 Å². The molecule has 1 unspecified atom stereocenters. The van der Waals surface area contributed by atoms with Crippen LogP contribution < -0.4 is 5.73 Å². The average Bonchev–Trinajstić information content (AvgIpc) is 3.21. The lowest BCUT2D eigenvalue weighted by atomic mass is 10.0. The van der Waals surface area contributed by atoms with Crippen LogP contribution in [-0.2, 0) is 14.3 Å². The molecule has 0 radical (unpaired) electrons. The number of fused-ring (bicyclic) bond motifs is 3. The Balaban J connectivity index is 1.87. The van der Waals surface area contributed by atoms with E-state index in [4.69, 9.17) is 20.2 Å². The summed E-state index contributed by atoms with van der Waals surface area (Å²) in [6.45, 7) is 10.6. The Kier molecular flexibility index (Phi) is 6.93. The largest absolute Gasteiger partial charge is 0.459 e. The zero-order valence-electron chi connectivity index (χ0n) is 22.1. The first-order valence-corrected chi connectivity index (χ1v) is 12.2. The van der Waals surface area contributed by atoms with Gasteiger partial charge in [-0.2, -0.15) is 0 Å². The number of nitrogens with zero attached hydrogens (tertiary/aromatic N) is 1. The van der Waals surface area contributed by atoms with Crippen molar-refractivity contribution in [1.29, 1.82) is 0 Å². The number of ether oxygens (including phenoxy) is 2. The van der Waals surface area contributed by atoms with Gasteiger partial charge in [-0.3, -0.25) is 0 Å². The number of aromatic amines is 1. The van der Waals surface area contributed by atoms with E-state index in [9.17, 15) is 9.59 Å². The molecule has 3 N–H and O–H groups in total. The maximum absolute atomic E-state index is 13.3. The number of benzene rings is 2. The summed E-state index contributed by atoms with van der Waals surface area (Å²) in [4.78, 5) is 34.2. The van der Waals surface area contributed by atoms with E-state index < -0.39 is 29.2 Å². The highest BCUT2D eigenvalue weighted by Crippen LogP contribution is 2.34. The van der Waals surface area contributed by atoms with Crippen molar-refractivity contribution in [2.75, 3.05) is 0 Å². The van der Waals surface area contributed by atoms with Crippen molar-refractivity contribution in [2.24, 2.45) is 5.73 Å². The predicted octanol–water partition coefficient (Wildman–Crippen LogP) is 6.18. The van der Waals surface area contributed by atoms with Crippen LogP contribution in [0.25, 0.3) is 33.8 Å². The van der Waals surface area contributed by atoms with Gasteiger partial charge in [-0.25, -0.2) is 14.6 Å². The molecule has 2 aromatic heterocycles. The fraction of sp³-hybridized carbons (Fsp3) is 0.300. The minimum Gasteiger partial charge on any atom is -0.459 e. The van der Waals surface area contributed by atoms with Crippen molar-refractivity contribution in [2.45, 2.75) is 58.8 Å². The second kappa shape index (κ2) is 9.82. The number of H-pyrrole nitrogens is 1. The quantitative estimate of drug-likeness (QED) is 0.317. The molecule has 1 atom stereocenters. The molecule has 0 aliphatic rings. The molecule has 0 fully saturated rings. The van der Waals surface area contributed by atoms with Crippen LogP contribution in [0, 0.1) is 0 Å². The van der Waals surface area contributed by atoms with Gasteiger partial charge >= 0.3 is 11.9 Å². The van der Waals surface area contributed by atoms with Crippen molar-refractivity contribution in [3.63, 3.8) is 0 Å². The van der Waals surface area contributed by atoms with Crippen LogP contribution in [0.15, 0.2) is 54.7 Å². The summed E-state index contributed by atoms with van der Waals surface area (Å²) in [5, 5.41) is 2.28. The van der Waals surface area contributed by atoms with Crippen molar-refractivity contribution < 1.29 is 19.1 Å². The van der Waals surface area contributed by atoms with Gasteiger partial charge in [0.05, 0.1) is 16.8 Å². The summed E-state index contributed by atoms with van der Waals surface area (Å²) in [5.74, 6) is -1.25. The van der Waals surface area contributed by atoms with E-state index in [-0.39, 0.29) is 11.3 Å². The minimum atomic E-state index is -1.25. The van der Waals surface area contributed by atoms with E-state index in [1.807, 2.05) is 66.9 Å². The van der Waals surface area contributed by atoms with Gasteiger partial charge in [0, 0.05) is 22.7 Å². The molecule has 4 aromatic rings. The third kappa shape index (κ3) is 6.06. The molecular formula is C30H33N3O4. The molecule has 2 heterocycles. The van der Waals surface area contributed by atoms with Crippen molar-refractivity contribution in [3.8, 4) is 0 Å². The van der Waals surface area contributed by atoms with Gasteiger partial charge in [-0.05, 0) is 64.6 Å². The highest BCUT2D eigenvalue weighted by molar-refractivity contribution is 6.15. The predicted molar refractivity (Wildman–Crippen MR) is 147 cm³/mol. The summed E-state index contributed by atoms with van der Waals surface area (Å²) < 4.78 is 11.2. The van der Waals surface area contributed by atoms with Crippen LogP contribution in [0.3, 0.4) is 0 Å². The number of esters is 2. The standard InChI is InChI=1S/C30H33N3O4/c1-29(2,3)36-27(34)23-21-15-13-19-17-32-20(14-12-18-10-8-7-9-11-18)16-22(19)25(21)33-26(23)24(31)28(35)37-30(4,5)6/h7-17,24,32H,31H2,1-6H3/b14-12+. The number of nitrogens with one attached hydrogen (secondary N) is 1. The Labute approximate surface area is 216 Å². The fourth-order valence-corrected chi connectivity index (χ4v) is 3.99. The Morgan fingerprint density at radius 1 is 0.919 bits per heavy atom. The van der Waals surface area contributed by atoms with Crippen LogP contribution >= 0.6 is 0 Å². The molecule has 0 aliphatic heterocycles. The number of carbonyl (C=O) groups excluding carboxylic acids is 2. The van der Waals surface area contributed by atoms with Crippen LogP contribution in [0.2, 0.25) is 0 Å². The molecule has 4 rings (SSSR count). The second-order valence-electron chi connectivity index (χ2n) is 11.0. The number of hydrogen-bond acceptors (Lipinski definition) is 6. The SMILES string of the molecule is CC(C)(C)OC(=O)c1c(C(N)C(=O)OC(C)(C)C)nc2c1ccc1c[nH]c(/C=C/c3ccccc3)cc12. The number of pyridine rings is 1. The normalized spacial score (nSPS) is 13.3. The molecule has 7 nitrogen and oxygen atoms in total. The van der Waals surface area contributed by atoms with Gasteiger partial charge in [-0.15, -0.1) is 0 Å². The molecule has 0 aliphatic carbocycles. The Morgan fingerprint density at radius 3 is 2.24 bits per heavy atom. The third-order valence-electron chi connectivity index (χ3n) is 5.52. The van der Waals surface area contributed by atoms with E-state index in [1.165, 1.54) is 0 Å². The van der Waals surface area contributed by atoms with Gasteiger partial charge in [0.15, 0.2) is 0 Å². The number of aromatic nitrogens is 2. The first-order chi connectivity index (χ1) is 17.3. The fourth-order valence-electron chi connectivity index (χ4n) is 3.99. The lowest BCUT2D eigenvalue weighted by molar-refractivity contribution is -0.156. The molecule has 37 heavy (non-hydrogen) atoms. The molecule has 192 valence electrons. The van der Waals surface area contributed by atoms with E-state index in [2.05, 4.69) is 4.98 Å². The van der Waals surface area contributed by atoms with Crippen LogP contribution in [0.5, 0.6) is 0 Å². The molecular weight excluding hydrogens is 466 g/mol. The summed E-state index contributed by atoms with van der Waals surface area (Å²) >= 11 is 0. The van der Waals surface area contributed by atoms with Gasteiger partial charge in [0.2, 0.25) is 0 Å². The van der Waals surface area contributed by atoms with Crippen LogP contribution in [0.4, 0.5) is 0 Å². The van der Waals surface area contributed by atoms with E-state index in [1.54, 1.807) is 41.5 Å². The zero-order valence-corrected chi connectivity index (χ0v) is 22.1. The topological polar surface area (TPSA) is 107 Å². The average molecular weight is 500 g/mol. The number of nitrogens with two attached hydrogens (primary N) is 1. The van der Waals surface area contributed by atoms with E-state index >= 15 is 0 Å². The highest BCUT2D eigenvalue weighted by Gasteiger charge is 2.33. The van der Waals surface area contributed by atoms with Crippen LogP contribution in [-0.4, -0.2) is 33.1 Å². The van der Waals surface area contributed by atoms with Crippen molar-refractivity contribution >= 4 is 45.8 Å². The summed E-state index contributed by atoms with van der Waals surface area (Å²) in [6, 6.07) is 14.4. The monoisotopic (exact) mass is 499 g/mol. The first kappa shape index (κ1) is 26.1. The summed E-state index contributed by atoms with van der Waals surface area (Å²) in [6.07, 6.45) is 5.86. The maximum atomic E-state index is 13.3. The third-order valence-corrected chi connectivity index (χ3v) is 5.52. The molecule has 0 saturated carbocycles. The summed E-state index contributed by atoms with van der Waals surface area (Å²) in [7, 11) is 0. The summed E-state index contributed by atoms with van der Waals surface area (Å²) in [5.41, 5.74) is 7.66. The minimum absolute atomic E-state index is 0.139. The lowest BCUT2D eigenvalue weighted by Gasteiger charge is -2.23. The first-order valence-electron chi connectivity index (χ1n) is 12.2. The van der Waals surface area contributed by atoms with Gasteiger partial charge < -0.3 is 20.2 Å². The maximum Gasteiger partial charge on any atom is 0.341 e. The van der Waals surface area contributed by atoms with Crippen LogP contribution in [0.1, 0.15) is 74.9 Å². The van der Waals surface area contributed by atoms with Crippen molar-refractivity contribution in [3.05, 3.63) is 77.2 Å². The number of rotatable bonds is 5. The molecule has 0 amide bonds.